The van der Waals surface area contributed by atoms with Gasteiger partial charge in [0.2, 0.25) is 15.4 Å². The first-order valence-electron chi connectivity index (χ1n) is 8.27. The number of hydrogen-bond donors (Lipinski definition) is 2. The first kappa shape index (κ1) is 20.5. The number of carbonyl (C=O) groups is 1. The van der Waals surface area contributed by atoms with Crippen molar-refractivity contribution in [3.8, 4) is 0 Å². The summed E-state index contributed by atoms with van der Waals surface area (Å²) in [6.45, 7) is 9.16. The molecule has 0 spiro atoms. The minimum Gasteiger partial charge on any atom is -0.300 e. The molecule has 26 heavy (non-hydrogen) atoms. The number of rotatable bonds is 6. The lowest BCUT2D eigenvalue weighted by molar-refractivity contribution is -0.123. The van der Waals surface area contributed by atoms with Gasteiger partial charge in [-0.3, -0.25) is 4.79 Å². The Hall–Kier alpha value is -1.84. The van der Waals surface area contributed by atoms with Gasteiger partial charge in [-0.25, -0.2) is 13.1 Å². The summed E-state index contributed by atoms with van der Waals surface area (Å²) in [7, 11) is -3.84. The predicted octanol–water partition coefficient (Wildman–Crippen LogP) is 3.26. The van der Waals surface area contributed by atoms with Crippen LogP contribution in [0.25, 0.3) is 0 Å². The highest BCUT2D eigenvalue weighted by Gasteiger charge is 2.27. The summed E-state index contributed by atoms with van der Waals surface area (Å²) >= 11 is 0.830. The lowest BCUT2D eigenvalue weighted by Crippen LogP contribution is -2.28. The van der Waals surface area contributed by atoms with Crippen molar-refractivity contribution in [1.82, 2.24) is 14.9 Å². The Kier molecular flexibility index (Phi) is 6.15. The molecule has 0 fully saturated rings. The van der Waals surface area contributed by atoms with E-state index in [9.17, 15) is 13.2 Å². The van der Waals surface area contributed by atoms with E-state index >= 15 is 0 Å². The number of sulfonamides is 1. The smallest absolute Gasteiger partial charge is 0.270 e. The highest BCUT2D eigenvalue weighted by atomic mass is 32.2. The average Bonchev–Trinajstić information content (AvgIpc) is 3.02. The second-order valence-corrected chi connectivity index (χ2v) is 9.94. The lowest BCUT2D eigenvalue weighted by Gasteiger charge is -2.16. The van der Waals surface area contributed by atoms with Gasteiger partial charge in [0.15, 0.2) is 0 Å². The quantitative estimate of drug-likeness (QED) is 0.730. The monoisotopic (exact) mass is 396 g/mol. The van der Waals surface area contributed by atoms with Gasteiger partial charge >= 0.3 is 0 Å². The van der Waals surface area contributed by atoms with E-state index in [2.05, 4.69) is 20.2 Å². The van der Waals surface area contributed by atoms with E-state index in [-0.39, 0.29) is 21.4 Å². The van der Waals surface area contributed by atoms with E-state index in [4.69, 9.17) is 0 Å². The van der Waals surface area contributed by atoms with Gasteiger partial charge in [-0.15, -0.1) is 10.2 Å². The fourth-order valence-electron chi connectivity index (χ4n) is 2.08. The van der Waals surface area contributed by atoms with Gasteiger partial charge in [0.05, 0.1) is 0 Å². The van der Waals surface area contributed by atoms with Crippen molar-refractivity contribution in [2.75, 3.05) is 5.32 Å². The maximum Gasteiger partial charge on any atom is 0.270 e. The third kappa shape index (κ3) is 5.09. The number of aromatic nitrogens is 2. The topological polar surface area (TPSA) is 101 Å². The maximum absolute atomic E-state index is 12.6. The van der Waals surface area contributed by atoms with Crippen molar-refractivity contribution in [3.05, 3.63) is 35.4 Å². The third-order valence-corrected chi connectivity index (χ3v) is 6.40. The molecule has 1 aromatic heterocycles. The molecule has 2 rings (SSSR count). The largest absolute Gasteiger partial charge is 0.300 e. The molecule has 0 saturated heterocycles. The van der Waals surface area contributed by atoms with E-state index in [0.717, 1.165) is 22.5 Å². The highest BCUT2D eigenvalue weighted by molar-refractivity contribution is 7.91. The zero-order valence-electron chi connectivity index (χ0n) is 15.5. The lowest BCUT2D eigenvalue weighted by atomic mass is 9.96. The van der Waals surface area contributed by atoms with E-state index in [1.807, 2.05) is 38.1 Å². The Morgan fingerprint density at radius 3 is 2.35 bits per heavy atom. The number of carbonyl (C=O) groups excluding carboxylic acids is 1. The fraction of sp³-hybridized carbons (Fsp3) is 0.471. The van der Waals surface area contributed by atoms with Crippen LogP contribution in [0.4, 0.5) is 5.13 Å². The van der Waals surface area contributed by atoms with Crippen LogP contribution in [0.3, 0.4) is 0 Å². The zero-order valence-corrected chi connectivity index (χ0v) is 17.2. The first-order valence-corrected chi connectivity index (χ1v) is 10.6. The van der Waals surface area contributed by atoms with Crippen LogP contribution in [0.1, 0.15) is 51.3 Å². The van der Waals surface area contributed by atoms with Crippen LogP contribution in [0.2, 0.25) is 0 Å². The molecule has 1 aromatic carbocycles. The van der Waals surface area contributed by atoms with E-state index in [1.165, 1.54) is 0 Å². The van der Waals surface area contributed by atoms with Crippen molar-refractivity contribution in [3.63, 3.8) is 0 Å². The number of benzene rings is 1. The molecule has 0 aliphatic carbocycles. The molecule has 142 valence electrons. The van der Waals surface area contributed by atoms with Crippen LogP contribution >= 0.6 is 11.3 Å². The molecule has 1 atom stereocenters. The van der Waals surface area contributed by atoms with E-state index in [0.29, 0.717) is 6.42 Å². The summed E-state index contributed by atoms with van der Waals surface area (Å²) < 4.78 is 27.7. The molecule has 1 heterocycles. The number of amides is 1. The average molecular weight is 397 g/mol. The number of hydrogen-bond acceptors (Lipinski definition) is 6. The molecule has 0 saturated carbocycles. The van der Waals surface area contributed by atoms with Crippen molar-refractivity contribution in [2.45, 2.75) is 51.4 Å². The van der Waals surface area contributed by atoms with Crippen LogP contribution in [0.15, 0.2) is 28.6 Å². The highest BCUT2D eigenvalue weighted by Crippen LogP contribution is 2.25. The van der Waals surface area contributed by atoms with Gasteiger partial charge in [0.1, 0.15) is 0 Å². The summed E-state index contributed by atoms with van der Waals surface area (Å²) in [5, 5.41) is 10.2. The molecular weight excluding hydrogens is 372 g/mol. The predicted molar refractivity (Wildman–Crippen MR) is 103 cm³/mol. The maximum atomic E-state index is 12.6. The van der Waals surface area contributed by atoms with Crippen LogP contribution in [0.5, 0.6) is 0 Å². The van der Waals surface area contributed by atoms with Crippen molar-refractivity contribution >= 4 is 32.4 Å². The van der Waals surface area contributed by atoms with Crippen LogP contribution in [0, 0.1) is 12.3 Å². The molecule has 0 aliphatic rings. The summed E-state index contributed by atoms with van der Waals surface area (Å²) in [4.78, 5) is 12.0. The zero-order chi connectivity index (χ0) is 19.5. The Bertz CT molecular complexity index is 868. The van der Waals surface area contributed by atoms with Crippen LogP contribution in [-0.4, -0.2) is 24.5 Å². The Morgan fingerprint density at radius 1 is 1.19 bits per heavy atom. The fourth-order valence-corrected chi connectivity index (χ4v) is 4.30. The number of anilines is 1. The summed E-state index contributed by atoms with van der Waals surface area (Å²) in [6.07, 6.45) is 0.592. The molecule has 7 nitrogen and oxygen atoms in total. The first-order chi connectivity index (χ1) is 12.0. The molecule has 2 aromatic rings. The summed E-state index contributed by atoms with van der Waals surface area (Å²) in [5.41, 5.74) is 1.38. The van der Waals surface area contributed by atoms with Crippen molar-refractivity contribution in [2.24, 2.45) is 5.41 Å². The number of aryl methyl sites for hydroxylation is 1. The van der Waals surface area contributed by atoms with Gasteiger partial charge < -0.3 is 5.32 Å². The van der Waals surface area contributed by atoms with Gasteiger partial charge in [-0.05, 0) is 18.9 Å². The van der Waals surface area contributed by atoms with Crippen molar-refractivity contribution in [1.29, 1.82) is 0 Å². The van der Waals surface area contributed by atoms with Crippen LogP contribution < -0.4 is 10.0 Å². The number of nitrogens with one attached hydrogen (secondary N) is 2. The second kappa shape index (κ2) is 7.81. The minimum absolute atomic E-state index is 0.161. The second-order valence-electron chi connectivity index (χ2n) is 7.07. The van der Waals surface area contributed by atoms with Gasteiger partial charge in [-0.1, -0.05) is 68.9 Å². The molecule has 2 N–H and O–H groups in total. The minimum atomic E-state index is -3.84. The molecule has 1 amide bonds. The van der Waals surface area contributed by atoms with Gasteiger partial charge in [0.25, 0.3) is 10.0 Å². The molecular formula is C17H24N4O3S2. The van der Waals surface area contributed by atoms with Crippen molar-refractivity contribution < 1.29 is 13.2 Å². The van der Waals surface area contributed by atoms with Gasteiger partial charge in [-0.2, -0.15) is 0 Å². The Balaban J connectivity index is 2.17. The van der Waals surface area contributed by atoms with E-state index in [1.54, 1.807) is 20.8 Å². The summed E-state index contributed by atoms with van der Waals surface area (Å²) in [6, 6.07) is 7.33. The van der Waals surface area contributed by atoms with Gasteiger partial charge in [0, 0.05) is 11.5 Å². The molecule has 0 bridgehead atoms. The normalized spacial score (nSPS) is 13.4. The molecule has 0 aliphatic heterocycles. The Labute approximate surface area is 158 Å². The summed E-state index contributed by atoms with van der Waals surface area (Å²) in [5.74, 6) is -0.253. The van der Waals surface area contributed by atoms with E-state index < -0.39 is 15.4 Å². The molecule has 0 unspecified atom stereocenters. The SMILES string of the molecule is CC[C@H](NS(=O)(=O)c1nnc(NC(=O)C(C)(C)C)s1)c1ccc(C)cc1. The Morgan fingerprint density at radius 2 is 1.81 bits per heavy atom. The molecule has 0 radical (unpaired) electrons. The third-order valence-electron chi connectivity index (χ3n) is 3.72. The van der Waals surface area contributed by atoms with Crippen LogP contribution in [-0.2, 0) is 14.8 Å². The number of nitrogens with zero attached hydrogens (tertiary/aromatic N) is 2. The molecule has 9 heteroatoms. The standard InChI is InChI=1S/C17H24N4O3S2/c1-6-13(12-9-7-11(2)8-10-12)21-26(23,24)16-20-19-15(25-16)18-14(22)17(3,4)5/h7-10,13,21H,6H2,1-5H3,(H,18,19,22)/t13-/m0/s1.